The highest BCUT2D eigenvalue weighted by molar-refractivity contribution is 7.99. The normalized spacial score (nSPS) is 13.7. The van der Waals surface area contributed by atoms with Gasteiger partial charge in [0.1, 0.15) is 11.6 Å². The van der Waals surface area contributed by atoms with Crippen LogP contribution in [0.2, 0.25) is 0 Å². The molecule has 0 radical (unpaired) electrons. The van der Waals surface area contributed by atoms with E-state index in [1.54, 1.807) is 34.6 Å². The van der Waals surface area contributed by atoms with E-state index in [0.29, 0.717) is 12.2 Å². The molecule has 20 heavy (non-hydrogen) atoms. The fourth-order valence-corrected chi connectivity index (χ4v) is 2.42. The van der Waals surface area contributed by atoms with Gasteiger partial charge in [0.05, 0.1) is 5.60 Å². The van der Waals surface area contributed by atoms with Crippen LogP contribution in [-0.2, 0) is 9.53 Å². The van der Waals surface area contributed by atoms with E-state index in [2.05, 4.69) is 5.32 Å². The largest absolute Gasteiger partial charge is 0.480 e. The van der Waals surface area contributed by atoms with Crippen LogP contribution < -0.4 is 5.32 Å². The van der Waals surface area contributed by atoms with E-state index in [1.165, 1.54) is 11.8 Å². The summed E-state index contributed by atoms with van der Waals surface area (Å²) in [5, 5.41) is 20.9. The summed E-state index contributed by atoms with van der Waals surface area (Å²) in [7, 11) is 0. The number of ether oxygens (including phenoxy) is 1. The van der Waals surface area contributed by atoms with Crippen molar-refractivity contribution >= 4 is 23.8 Å². The van der Waals surface area contributed by atoms with Gasteiger partial charge in [-0.1, -0.05) is 0 Å². The van der Waals surface area contributed by atoms with Gasteiger partial charge in [0.2, 0.25) is 0 Å². The minimum atomic E-state index is -1.10. The molecule has 0 aliphatic carbocycles. The molecule has 0 aliphatic rings. The topological polar surface area (TPSA) is 95.9 Å². The number of thioether (sulfide) groups is 1. The van der Waals surface area contributed by atoms with Gasteiger partial charge >= 0.3 is 12.1 Å². The molecule has 0 aromatic carbocycles. The quantitative estimate of drug-likeness (QED) is 0.621. The van der Waals surface area contributed by atoms with Gasteiger partial charge in [0.25, 0.3) is 0 Å². The van der Waals surface area contributed by atoms with Crippen molar-refractivity contribution in [2.75, 3.05) is 11.5 Å². The number of amides is 1. The molecule has 0 saturated carbocycles. The van der Waals surface area contributed by atoms with Crippen molar-refractivity contribution in [3.05, 3.63) is 0 Å². The molecule has 0 heterocycles. The van der Waals surface area contributed by atoms with E-state index in [-0.39, 0.29) is 5.75 Å². The van der Waals surface area contributed by atoms with Crippen molar-refractivity contribution in [1.82, 2.24) is 5.32 Å². The van der Waals surface area contributed by atoms with Gasteiger partial charge in [-0.15, -0.1) is 0 Å². The monoisotopic (exact) mass is 307 g/mol. The Hall–Kier alpha value is -0.950. The molecule has 0 aromatic heterocycles. The molecule has 0 saturated heterocycles. The summed E-state index contributed by atoms with van der Waals surface area (Å²) in [6.45, 7) is 8.52. The Morgan fingerprint density at radius 1 is 1.25 bits per heavy atom. The Morgan fingerprint density at radius 3 is 2.20 bits per heavy atom. The number of carboxylic acids is 1. The minimum Gasteiger partial charge on any atom is -0.480 e. The molecule has 3 N–H and O–H groups in total. The fraction of sp³-hybridized carbons (Fsp3) is 0.846. The standard InChI is InChI=1S/C13H25NO5S/c1-12(2,3)19-11(17)14-9(10(15)16)8-20-7-6-13(4,5)18/h9,18H,6-8H2,1-5H3,(H,14,17)(H,15,16). The van der Waals surface area contributed by atoms with Crippen molar-refractivity contribution in [3.8, 4) is 0 Å². The average Bonchev–Trinajstić information content (AvgIpc) is 2.17. The third kappa shape index (κ3) is 10.9. The maximum Gasteiger partial charge on any atom is 0.408 e. The Balaban J connectivity index is 4.18. The van der Waals surface area contributed by atoms with E-state index in [9.17, 15) is 14.7 Å². The lowest BCUT2D eigenvalue weighted by Crippen LogP contribution is -2.45. The zero-order valence-corrected chi connectivity index (χ0v) is 13.5. The van der Waals surface area contributed by atoms with Crippen LogP contribution in [0, 0.1) is 0 Å². The van der Waals surface area contributed by atoms with E-state index in [0.717, 1.165) is 0 Å². The lowest BCUT2D eigenvalue weighted by atomic mass is 10.1. The van der Waals surface area contributed by atoms with E-state index >= 15 is 0 Å². The first-order valence-electron chi connectivity index (χ1n) is 6.43. The summed E-state index contributed by atoms with van der Waals surface area (Å²) in [6.07, 6.45) is -0.191. The molecule has 0 bridgehead atoms. The Morgan fingerprint density at radius 2 is 1.80 bits per heavy atom. The van der Waals surface area contributed by atoms with Gasteiger partial charge < -0.3 is 20.3 Å². The van der Waals surface area contributed by atoms with Crippen molar-refractivity contribution in [1.29, 1.82) is 0 Å². The number of aliphatic hydroxyl groups is 1. The molecular weight excluding hydrogens is 282 g/mol. The highest BCUT2D eigenvalue weighted by atomic mass is 32.2. The maximum absolute atomic E-state index is 11.5. The van der Waals surface area contributed by atoms with Gasteiger partial charge in [0, 0.05) is 5.75 Å². The van der Waals surface area contributed by atoms with Crippen LogP contribution in [0.3, 0.4) is 0 Å². The summed E-state index contributed by atoms with van der Waals surface area (Å²) in [5.74, 6) is -0.264. The number of hydrogen-bond donors (Lipinski definition) is 3. The molecule has 0 spiro atoms. The number of aliphatic carboxylic acids is 1. The second-order valence-corrected chi connectivity index (χ2v) is 7.32. The van der Waals surface area contributed by atoms with Crippen LogP contribution >= 0.6 is 11.8 Å². The van der Waals surface area contributed by atoms with Crippen LogP contribution in [0.1, 0.15) is 41.0 Å². The molecule has 0 rings (SSSR count). The average molecular weight is 307 g/mol. The molecule has 1 unspecified atom stereocenters. The Bertz CT molecular complexity index is 333. The first-order chi connectivity index (χ1) is 8.91. The SMILES string of the molecule is CC(C)(O)CCSCC(NC(=O)OC(C)(C)C)C(=O)O. The molecule has 0 fully saturated rings. The van der Waals surface area contributed by atoms with Crippen molar-refractivity contribution in [2.45, 2.75) is 58.3 Å². The highest BCUT2D eigenvalue weighted by Crippen LogP contribution is 2.14. The molecule has 6 nitrogen and oxygen atoms in total. The zero-order chi connectivity index (χ0) is 16.0. The number of rotatable bonds is 7. The van der Waals surface area contributed by atoms with E-state index in [4.69, 9.17) is 9.84 Å². The van der Waals surface area contributed by atoms with Crippen molar-refractivity contribution < 1.29 is 24.5 Å². The molecule has 7 heteroatoms. The van der Waals surface area contributed by atoms with Crippen LogP contribution in [0.4, 0.5) is 4.79 Å². The molecule has 1 atom stereocenters. The number of carbonyl (C=O) groups is 2. The van der Waals surface area contributed by atoms with Crippen LogP contribution in [0.25, 0.3) is 0 Å². The van der Waals surface area contributed by atoms with Gasteiger partial charge in [-0.25, -0.2) is 9.59 Å². The molecule has 1 amide bonds. The number of hydrogen-bond acceptors (Lipinski definition) is 5. The van der Waals surface area contributed by atoms with Gasteiger partial charge in [-0.2, -0.15) is 11.8 Å². The summed E-state index contributed by atoms with van der Waals surface area (Å²) >= 11 is 1.37. The Kier molecular flexibility index (Phi) is 7.37. The lowest BCUT2D eigenvalue weighted by molar-refractivity contribution is -0.138. The van der Waals surface area contributed by atoms with Crippen LogP contribution in [0.15, 0.2) is 0 Å². The predicted molar refractivity (Wildman–Crippen MR) is 79.0 cm³/mol. The lowest BCUT2D eigenvalue weighted by Gasteiger charge is -2.22. The molecule has 0 aromatic rings. The number of alkyl carbamates (subject to hydrolysis) is 1. The fourth-order valence-electron chi connectivity index (χ4n) is 1.15. The Labute approximate surface area is 124 Å². The van der Waals surface area contributed by atoms with E-state index in [1.807, 2.05) is 0 Å². The molecule has 0 aliphatic heterocycles. The zero-order valence-electron chi connectivity index (χ0n) is 12.7. The van der Waals surface area contributed by atoms with Crippen LogP contribution in [-0.4, -0.2) is 51.0 Å². The highest BCUT2D eigenvalue weighted by Gasteiger charge is 2.24. The second-order valence-electron chi connectivity index (χ2n) is 6.17. The smallest absolute Gasteiger partial charge is 0.408 e. The van der Waals surface area contributed by atoms with Gasteiger partial charge in [-0.05, 0) is 46.8 Å². The summed E-state index contributed by atoms with van der Waals surface area (Å²) in [4.78, 5) is 22.6. The summed E-state index contributed by atoms with van der Waals surface area (Å²) in [5.41, 5.74) is -1.44. The molecule has 118 valence electrons. The number of carboxylic acid groups (broad SMARTS) is 1. The second kappa shape index (κ2) is 7.73. The van der Waals surface area contributed by atoms with Gasteiger partial charge in [0.15, 0.2) is 0 Å². The first kappa shape index (κ1) is 19.1. The maximum atomic E-state index is 11.5. The van der Waals surface area contributed by atoms with Crippen molar-refractivity contribution in [2.24, 2.45) is 0 Å². The van der Waals surface area contributed by atoms with E-state index < -0.39 is 29.3 Å². The summed E-state index contributed by atoms with van der Waals surface area (Å²) < 4.78 is 5.02. The third-order valence-corrected chi connectivity index (χ3v) is 3.19. The minimum absolute atomic E-state index is 0.227. The predicted octanol–water partition coefficient (Wildman–Crippen LogP) is 1.86. The number of carbonyl (C=O) groups excluding carboxylic acids is 1. The van der Waals surface area contributed by atoms with Crippen molar-refractivity contribution in [3.63, 3.8) is 0 Å². The third-order valence-electron chi connectivity index (χ3n) is 2.13. The van der Waals surface area contributed by atoms with Gasteiger partial charge in [-0.3, -0.25) is 0 Å². The van der Waals surface area contributed by atoms with Crippen LogP contribution in [0.5, 0.6) is 0 Å². The molecular formula is C13H25NO5S. The first-order valence-corrected chi connectivity index (χ1v) is 7.58. The summed E-state index contributed by atoms with van der Waals surface area (Å²) in [6, 6.07) is -1.00. The number of nitrogens with one attached hydrogen (secondary N) is 1.